The number of nitrogens with one attached hydrogen (secondary N) is 4. The molecular formula is C70H128N12O12S. The molecule has 5 N–H and O–H groups in total. The summed E-state index contributed by atoms with van der Waals surface area (Å²) in [6.45, 7) is 36.8. The average molecular weight is 1360 g/mol. The van der Waals surface area contributed by atoms with Crippen molar-refractivity contribution in [3.05, 3.63) is 12.2 Å². The minimum Gasteiger partial charge on any atom is -0.390 e. The third-order valence-electron chi connectivity index (χ3n) is 18.3. The number of carbonyl (C=O) groups is 11. The van der Waals surface area contributed by atoms with Crippen LogP contribution in [0.2, 0.25) is 0 Å². The number of allylic oxidation sites excluding steroid dienone is 2. The Morgan fingerprint density at radius 3 is 1.33 bits per heavy atom. The Balaban J connectivity index is 4.55. The Kier molecular flexibility index (Phi) is 38.0. The first kappa shape index (κ1) is 87.2. The molecule has 0 bridgehead atoms. The first-order valence-corrected chi connectivity index (χ1v) is 35.9. The molecule has 0 aromatic rings. The van der Waals surface area contributed by atoms with Crippen molar-refractivity contribution in [1.29, 1.82) is 0 Å². The molecule has 1 saturated heterocycles. The summed E-state index contributed by atoms with van der Waals surface area (Å²) in [6.07, 6.45) is 3.79. The maximum Gasteiger partial charge on any atom is 0.246 e. The summed E-state index contributed by atoms with van der Waals surface area (Å²) < 4.78 is 0. The normalized spacial score (nSPS) is 26.2. The van der Waals surface area contributed by atoms with Crippen molar-refractivity contribution in [3.63, 3.8) is 0 Å². The molecule has 0 spiro atoms. The molecule has 1 fully saturated rings. The lowest BCUT2D eigenvalue weighted by molar-refractivity contribution is -0.157. The van der Waals surface area contributed by atoms with E-state index in [1.165, 1.54) is 104 Å². The van der Waals surface area contributed by atoms with Gasteiger partial charge in [-0.15, -0.1) is 0 Å². The van der Waals surface area contributed by atoms with Crippen molar-refractivity contribution in [2.45, 2.75) is 249 Å². The third-order valence-corrected chi connectivity index (χ3v) is 19.4. The van der Waals surface area contributed by atoms with Crippen LogP contribution in [0.25, 0.3) is 0 Å². The first-order valence-electron chi connectivity index (χ1n) is 34.8. The molecule has 1 rings (SSSR count). The van der Waals surface area contributed by atoms with Crippen LogP contribution in [0.1, 0.15) is 176 Å². The van der Waals surface area contributed by atoms with Crippen LogP contribution in [0.15, 0.2) is 12.2 Å². The second kappa shape index (κ2) is 41.4. The Hall–Kier alpha value is -5.82. The lowest BCUT2D eigenvalue weighted by Gasteiger charge is -2.41. The smallest absolute Gasteiger partial charge is 0.246 e. The molecule has 1 aliphatic heterocycles. The fraction of sp³-hybridized carbons (Fsp3) is 0.814. The van der Waals surface area contributed by atoms with Gasteiger partial charge in [-0.2, -0.15) is 11.8 Å². The number of nitrogens with zero attached hydrogens (tertiary/aromatic N) is 8. The number of hydrogen-bond acceptors (Lipinski definition) is 14. The van der Waals surface area contributed by atoms with Gasteiger partial charge in [-0.1, -0.05) is 123 Å². The van der Waals surface area contributed by atoms with E-state index in [4.69, 9.17) is 0 Å². The zero-order valence-electron chi connectivity index (χ0n) is 63.0. The minimum atomic E-state index is -1.63. The second-order valence-electron chi connectivity index (χ2n) is 28.8. The summed E-state index contributed by atoms with van der Waals surface area (Å²) in [4.78, 5) is 175. The highest BCUT2D eigenvalue weighted by Crippen LogP contribution is 2.27. The number of amides is 11. The highest BCUT2D eigenvalue weighted by Gasteiger charge is 2.46. The Morgan fingerprint density at radius 2 is 0.874 bits per heavy atom. The first-order chi connectivity index (χ1) is 44.1. The van der Waals surface area contributed by atoms with Gasteiger partial charge in [-0.3, -0.25) is 52.7 Å². The van der Waals surface area contributed by atoms with Crippen molar-refractivity contribution in [1.82, 2.24) is 60.5 Å². The molecule has 1 aliphatic rings. The summed E-state index contributed by atoms with van der Waals surface area (Å²) in [5.41, 5.74) is 0. The monoisotopic (exact) mass is 1360 g/mol. The van der Waals surface area contributed by atoms with Crippen molar-refractivity contribution in [2.75, 3.05) is 80.5 Å². The number of carbonyl (C=O) groups excluding carboxylic acids is 11. The number of rotatable bonds is 23. The van der Waals surface area contributed by atoms with E-state index in [9.17, 15) is 29.1 Å². The van der Waals surface area contributed by atoms with Crippen LogP contribution in [0.4, 0.5) is 0 Å². The van der Waals surface area contributed by atoms with Crippen LogP contribution in [-0.4, -0.2) is 262 Å². The predicted octanol–water partition coefficient (Wildman–Crippen LogP) is 5.10. The molecule has 13 atom stereocenters. The summed E-state index contributed by atoms with van der Waals surface area (Å²) in [5.74, 6) is -8.97. The topological polar surface area (TPSA) is 282 Å². The number of thioether (sulfide) groups is 1. The molecule has 95 heavy (non-hydrogen) atoms. The fourth-order valence-corrected chi connectivity index (χ4v) is 13.2. The number of aliphatic hydroxyl groups is 1. The van der Waals surface area contributed by atoms with E-state index in [1.807, 2.05) is 68.4 Å². The second-order valence-corrected chi connectivity index (χ2v) is 29.9. The molecule has 11 amide bonds. The van der Waals surface area contributed by atoms with E-state index in [-0.39, 0.29) is 61.5 Å². The Morgan fingerprint density at radius 1 is 0.463 bits per heavy atom. The standard InChI is InChI=1S/C70H128N12O12S/c1-27-31-33-47(17)59(83)58-63(87)73-50(28-2)65(89)79(24)55(40-95-35-32-34-82(29-3)30-4)68(92)75(20)52(37-42(7)8)62(86)74-56(45(13)14)69(93)76(21)51(36-41(5)6)61(85)71-48(18)60(84)72-49(19)64(88)77(22)53(38-43(9)10)66(90)78(23)54(39-44(11)12)67(91)80(25)57(46(15)16)70(94)81(58)26/h27,31,41-59,83H,28-30,32-40H2,1-26H3,(H,71,85)(H,72,84)(H,73,87)(H,74,86)/b31-27+/t47-,48+,49-,50+,51+,52+,53+,54+,55?,56+,57+,58?,59-/m1/s1. The van der Waals surface area contributed by atoms with Crippen LogP contribution in [0.3, 0.4) is 0 Å². The van der Waals surface area contributed by atoms with Crippen molar-refractivity contribution in [3.8, 4) is 0 Å². The Bertz CT molecular complexity index is 2550. The summed E-state index contributed by atoms with van der Waals surface area (Å²) in [6, 6.07) is -13.7. The summed E-state index contributed by atoms with van der Waals surface area (Å²) in [7, 11) is 10.2. The highest BCUT2D eigenvalue weighted by molar-refractivity contribution is 7.99. The zero-order chi connectivity index (χ0) is 73.4. The van der Waals surface area contributed by atoms with Crippen LogP contribution in [0.5, 0.6) is 0 Å². The molecular weight excluding hydrogens is 1230 g/mol. The van der Waals surface area contributed by atoms with Gasteiger partial charge in [0.2, 0.25) is 65.0 Å². The Labute approximate surface area is 575 Å². The van der Waals surface area contributed by atoms with E-state index in [0.717, 1.165) is 31.0 Å². The molecule has 1 heterocycles. The van der Waals surface area contributed by atoms with Crippen LogP contribution < -0.4 is 21.3 Å². The van der Waals surface area contributed by atoms with Gasteiger partial charge in [0, 0.05) is 55.1 Å². The maximum absolute atomic E-state index is 15.4. The van der Waals surface area contributed by atoms with E-state index in [0.29, 0.717) is 12.2 Å². The predicted molar refractivity (Wildman–Crippen MR) is 377 cm³/mol. The molecule has 0 radical (unpaired) electrons. The van der Waals surface area contributed by atoms with E-state index in [2.05, 4.69) is 40.0 Å². The van der Waals surface area contributed by atoms with E-state index >= 15 is 28.8 Å². The van der Waals surface area contributed by atoms with Crippen molar-refractivity contribution >= 4 is 76.7 Å². The minimum absolute atomic E-state index is 0.0127. The largest absolute Gasteiger partial charge is 0.390 e. The third kappa shape index (κ3) is 25.5. The van der Waals surface area contributed by atoms with Gasteiger partial charge in [-0.25, -0.2) is 0 Å². The average Bonchev–Trinajstić information content (AvgIpc) is 0.947. The van der Waals surface area contributed by atoms with Crippen molar-refractivity contribution < 1.29 is 57.8 Å². The van der Waals surface area contributed by atoms with Crippen LogP contribution in [0, 0.1) is 41.4 Å². The summed E-state index contributed by atoms with van der Waals surface area (Å²) >= 11 is 1.46. The van der Waals surface area contributed by atoms with Crippen LogP contribution in [-0.2, 0) is 52.7 Å². The number of hydrogen-bond donors (Lipinski definition) is 5. The molecule has 0 aliphatic carbocycles. The van der Waals surface area contributed by atoms with Crippen molar-refractivity contribution in [2.24, 2.45) is 41.4 Å². The molecule has 0 aromatic carbocycles. The van der Waals surface area contributed by atoms with Gasteiger partial charge in [0.25, 0.3) is 0 Å². The molecule has 25 heteroatoms. The van der Waals surface area contributed by atoms with Gasteiger partial charge < -0.3 is 65.6 Å². The molecule has 2 unspecified atom stereocenters. The lowest BCUT2D eigenvalue weighted by atomic mass is 9.91. The van der Waals surface area contributed by atoms with Crippen LogP contribution >= 0.6 is 11.8 Å². The maximum atomic E-state index is 15.4. The molecule has 0 aromatic heterocycles. The van der Waals surface area contributed by atoms with Gasteiger partial charge in [0.05, 0.1) is 6.10 Å². The summed E-state index contributed by atoms with van der Waals surface area (Å²) in [5, 5.41) is 23.6. The highest BCUT2D eigenvalue weighted by atomic mass is 32.2. The quantitative estimate of drug-likeness (QED) is 0.0658. The van der Waals surface area contributed by atoms with Gasteiger partial charge >= 0.3 is 0 Å². The zero-order valence-corrected chi connectivity index (χ0v) is 63.9. The number of likely N-dealkylation sites (N-methyl/N-ethyl adjacent to an activating group) is 7. The van der Waals surface area contributed by atoms with Gasteiger partial charge in [-0.05, 0) is 133 Å². The number of aliphatic hydroxyl groups excluding tert-OH is 1. The van der Waals surface area contributed by atoms with Gasteiger partial charge in [0.1, 0.15) is 66.5 Å². The van der Waals surface area contributed by atoms with E-state index < -0.39 is 155 Å². The molecule has 24 nitrogen and oxygen atoms in total. The molecule has 0 saturated carbocycles. The lowest BCUT2D eigenvalue weighted by Crippen LogP contribution is -2.64. The SMILES string of the molecule is C/C=C/C[C@@H](C)[C@@H](O)C1C(=O)N[C@@H](CC)C(=O)N(C)C(CSCCCN(CC)CC)C(=O)N(C)[C@@H](CC(C)C)C(=O)N[C@@H](C(C)C)C(=O)N(C)[C@@H](CC(C)C)C(=O)N[C@@H](C)C(=O)N[C@H](C)C(=O)N(C)[C@@H](CC(C)C)C(=O)N(C)[C@@H](CC(C)C)C(=O)N(C)[C@@H](C(C)C)C(=O)N1C. The van der Waals surface area contributed by atoms with Gasteiger partial charge in [0.15, 0.2) is 0 Å². The fourth-order valence-electron chi connectivity index (χ4n) is 12.1. The molecule has 546 valence electrons. The van der Waals surface area contributed by atoms with E-state index in [1.54, 1.807) is 47.6 Å².